The number of hydrogen-bond acceptors (Lipinski definition) is 4. The summed E-state index contributed by atoms with van der Waals surface area (Å²) >= 11 is 0. The third-order valence-electron chi connectivity index (χ3n) is 8.23. The Morgan fingerprint density at radius 3 is 1.78 bits per heavy atom. The molecule has 0 saturated carbocycles. The molecule has 5 heteroatoms. The second kappa shape index (κ2) is 11.4. The van der Waals surface area contributed by atoms with E-state index in [0.717, 1.165) is 4.57 Å². The molecular formula is C45H28N4O. The maximum atomic E-state index is 9.68. The Kier molecular flexibility index (Phi) is 3.55. The molecule has 7 aromatic carbocycles. The number of hydrogen-bond donors (Lipinski definition) is 0. The van der Waals surface area contributed by atoms with Crippen molar-refractivity contribution in [2.24, 2.45) is 0 Å². The van der Waals surface area contributed by atoms with Crippen LogP contribution in [0.15, 0.2) is 174 Å². The quantitative estimate of drug-likeness (QED) is 0.185. The Bertz CT molecular complexity index is 3810. The largest absolute Gasteiger partial charge is 0.456 e. The van der Waals surface area contributed by atoms with Gasteiger partial charge in [0.2, 0.25) is 0 Å². The number of aromatic nitrogens is 4. The Hall–Kier alpha value is -6.85. The monoisotopic (exact) mass is 658 g/mol. The molecule has 0 aliphatic rings. The molecule has 0 amide bonds. The van der Waals surface area contributed by atoms with Crippen molar-refractivity contribution >= 4 is 43.7 Å². The highest BCUT2D eigenvalue weighted by Gasteiger charge is 2.23. The number of rotatable bonds is 5. The zero-order chi connectivity index (χ0) is 48.7. The molecule has 0 aliphatic carbocycles. The smallest absolute Gasteiger partial charge is 0.166 e. The van der Waals surface area contributed by atoms with Gasteiger partial charge in [-0.15, -0.1) is 0 Å². The lowest BCUT2D eigenvalue weighted by molar-refractivity contribution is 0.669. The van der Waals surface area contributed by atoms with Crippen LogP contribution in [0.25, 0.3) is 94.7 Å². The summed E-state index contributed by atoms with van der Waals surface area (Å²) in [6.45, 7) is 0. The van der Waals surface area contributed by atoms with E-state index in [0.29, 0.717) is 11.1 Å². The summed E-state index contributed by atoms with van der Waals surface area (Å²) < 4.78 is 170. The fraction of sp³-hybridized carbons (Fsp3) is 0. The van der Waals surface area contributed by atoms with E-state index in [4.69, 9.17) is 35.8 Å². The average Bonchev–Trinajstić information content (AvgIpc) is 3.91. The molecule has 10 aromatic rings. The van der Waals surface area contributed by atoms with E-state index in [-0.39, 0.29) is 39.3 Å². The summed E-state index contributed by atoms with van der Waals surface area (Å²) in [7, 11) is 0. The molecule has 50 heavy (non-hydrogen) atoms. The zero-order valence-corrected chi connectivity index (χ0v) is 25.5. The minimum absolute atomic E-state index is 0.0900. The van der Waals surface area contributed by atoms with Gasteiger partial charge < -0.3 is 8.98 Å². The normalized spacial score (nSPS) is 16.6. The van der Waals surface area contributed by atoms with Gasteiger partial charge in [-0.1, -0.05) is 139 Å². The maximum absolute atomic E-state index is 9.68. The molecule has 0 spiro atoms. The van der Waals surface area contributed by atoms with Gasteiger partial charge >= 0.3 is 0 Å². The third kappa shape index (κ3) is 4.45. The molecular weight excluding hydrogens is 613 g/mol. The van der Waals surface area contributed by atoms with Crippen molar-refractivity contribution in [3.63, 3.8) is 0 Å². The summed E-state index contributed by atoms with van der Waals surface area (Å²) in [5, 5.41) is -1.55. The summed E-state index contributed by atoms with van der Waals surface area (Å²) in [5.74, 6) is -0.108. The van der Waals surface area contributed by atoms with Crippen LogP contribution in [0.5, 0.6) is 0 Å². The van der Waals surface area contributed by atoms with Gasteiger partial charge in [0.1, 0.15) is 11.2 Å². The first-order valence-corrected chi connectivity index (χ1v) is 15.2. The highest BCUT2D eigenvalue weighted by molar-refractivity contribution is 6.19. The van der Waals surface area contributed by atoms with Crippen molar-refractivity contribution in [3.05, 3.63) is 169 Å². The second-order valence-electron chi connectivity index (χ2n) is 11.1. The van der Waals surface area contributed by atoms with Crippen LogP contribution in [0.3, 0.4) is 0 Å². The standard InChI is InChI=1S/C45H28N4O/c1-4-15-29(16-5-1)32-22-13-27-38-40(32)41-37(26-14-28-39(41)50-38)49-36-25-11-10-21-33(36)34-23-12-24-35(42(34)49)45-47-43(30-17-6-2-7-18-30)46-44(48-45)31-19-8-3-9-20-31/h1-28H/i1D,4D,5D,10D,11D,12D,13D,14D,15D,16D,21D,22D,23D,24D,25D,26D,27D,28D. The Labute approximate surface area is 313 Å². The van der Waals surface area contributed by atoms with Crippen molar-refractivity contribution in [2.75, 3.05) is 0 Å². The van der Waals surface area contributed by atoms with E-state index in [1.54, 1.807) is 60.7 Å². The number of furan rings is 1. The van der Waals surface area contributed by atoms with Gasteiger partial charge in [0.15, 0.2) is 17.5 Å². The first-order valence-electron chi connectivity index (χ1n) is 24.2. The van der Waals surface area contributed by atoms with E-state index < -0.39 is 153 Å². The molecule has 0 bridgehead atoms. The minimum Gasteiger partial charge on any atom is -0.456 e. The molecule has 0 aliphatic heterocycles. The topological polar surface area (TPSA) is 56.7 Å². The summed E-state index contributed by atoms with van der Waals surface area (Å²) in [4.78, 5) is 14.3. The molecule has 0 atom stereocenters. The number of nitrogens with zero attached hydrogens (tertiary/aromatic N) is 4. The molecule has 0 unspecified atom stereocenters. The fourth-order valence-electron chi connectivity index (χ4n) is 6.10. The van der Waals surface area contributed by atoms with E-state index in [1.165, 1.54) is 0 Å². The van der Waals surface area contributed by atoms with Gasteiger partial charge in [0, 0.05) is 32.8 Å². The van der Waals surface area contributed by atoms with Crippen LogP contribution in [0.1, 0.15) is 24.7 Å². The second-order valence-corrected chi connectivity index (χ2v) is 11.1. The lowest BCUT2D eigenvalue weighted by Crippen LogP contribution is -2.02. The molecule has 3 heterocycles. The van der Waals surface area contributed by atoms with Gasteiger partial charge in [-0.25, -0.2) is 15.0 Å². The fourth-order valence-corrected chi connectivity index (χ4v) is 6.10. The molecule has 5 nitrogen and oxygen atoms in total. The third-order valence-corrected chi connectivity index (χ3v) is 8.23. The Morgan fingerprint density at radius 2 is 1.04 bits per heavy atom. The Morgan fingerprint density at radius 1 is 0.460 bits per heavy atom. The summed E-state index contributed by atoms with van der Waals surface area (Å²) in [5.41, 5.74) is -2.97. The average molecular weight is 659 g/mol. The lowest BCUT2D eigenvalue weighted by Gasteiger charge is -2.14. The van der Waals surface area contributed by atoms with Gasteiger partial charge in [-0.3, -0.25) is 0 Å². The van der Waals surface area contributed by atoms with E-state index in [2.05, 4.69) is 0 Å². The molecule has 0 saturated heterocycles. The van der Waals surface area contributed by atoms with Crippen LogP contribution in [-0.4, -0.2) is 19.5 Å². The predicted octanol–water partition coefficient (Wildman–Crippen LogP) is 11.5. The SMILES string of the molecule is [2H]c1c([2H])c([2H])c(-c2c([2H])c([2H])c([2H])c3oc4c([2H])c([2H])c([2H])c(-n5c6c([2H])c([2H])c([2H])c([2H])c6c6c([2H])c([2H])c([2H])c(-c7nc(-c8ccccc8)nc(-c8ccccc8)n7)c65)c4c23)c([2H])c1[2H]. The van der Waals surface area contributed by atoms with Crippen molar-refractivity contribution in [2.45, 2.75) is 0 Å². The zero-order valence-electron chi connectivity index (χ0n) is 43.5. The van der Waals surface area contributed by atoms with E-state index >= 15 is 0 Å². The molecule has 3 aromatic heterocycles. The predicted molar refractivity (Wildman–Crippen MR) is 203 cm³/mol. The van der Waals surface area contributed by atoms with Crippen molar-refractivity contribution in [1.29, 1.82) is 0 Å². The van der Waals surface area contributed by atoms with Crippen LogP contribution in [0.4, 0.5) is 0 Å². The highest BCUT2D eigenvalue weighted by Crippen LogP contribution is 2.43. The maximum Gasteiger partial charge on any atom is 0.166 e. The molecule has 0 N–H and O–H groups in total. The lowest BCUT2D eigenvalue weighted by atomic mass is 9.98. The Balaban J connectivity index is 1.52. The number of benzene rings is 7. The van der Waals surface area contributed by atoms with Crippen LogP contribution >= 0.6 is 0 Å². The van der Waals surface area contributed by atoms with Gasteiger partial charge in [0.25, 0.3) is 0 Å². The van der Waals surface area contributed by atoms with Gasteiger partial charge in [-0.05, 0) is 41.3 Å². The van der Waals surface area contributed by atoms with Crippen LogP contribution < -0.4 is 0 Å². The first-order chi connectivity index (χ1) is 32.3. The molecule has 0 fully saturated rings. The van der Waals surface area contributed by atoms with Gasteiger partial charge in [-0.2, -0.15) is 0 Å². The van der Waals surface area contributed by atoms with E-state index in [1.807, 2.05) is 0 Å². The molecule has 234 valence electrons. The van der Waals surface area contributed by atoms with Crippen molar-refractivity contribution < 1.29 is 29.1 Å². The van der Waals surface area contributed by atoms with Crippen LogP contribution in [0.2, 0.25) is 0 Å². The first kappa shape index (κ1) is 15.6. The number of fused-ring (bicyclic) bond motifs is 6. The van der Waals surface area contributed by atoms with Crippen molar-refractivity contribution in [1.82, 2.24) is 19.5 Å². The van der Waals surface area contributed by atoms with Gasteiger partial charge in [0.05, 0.1) is 46.8 Å². The minimum atomic E-state index is -0.832. The van der Waals surface area contributed by atoms with Crippen LogP contribution in [0, 0.1) is 0 Å². The van der Waals surface area contributed by atoms with E-state index in [9.17, 15) is 8.22 Å². The summed E-state index contributed by atoms with van der Waals surface area (Å²) in [6, 6.07) is 3.45. The highest BCUT2D eigenvalue weighted by atomic mass is 16.3. The number of para-hydroxylation sites is 2. The van der Waals surface area contributed by atoms with Crippen molar-refractivity contribution in [3.8, 4) is 51.0 Å². The molecule has 10 rings (SSSR count). The van der Waals surface area contributed by atoms with Crippen LogP contribution in [-0.2, 0) is 0 Å². The summed E-state index contributed by atoms with van der Waals surface area (Å²) in [6.07, 6.45) is 0. The molecule has 0 radical (unpaired) electrons.